The van der Waals surface area contributed by atoms with Crippen LogP contribution in [0.25, 0.3) is 0 Å². The molecule has 14 heavy (non-hydrogen) atoms. The van der Waals surface area contributed by atoms with Gasteiger partial charge in [0.1, 0.15) is 0 Å². The van der Waals surface area contributed by atoms with Crippen molar-refractivity contribution in [1.82, 2.24) is 10.2 Å². The molecular weight excluding hydrogens is 172 g/mol. The molecule has 0 saturated heterocycles. The molecule has 0 spiro atoms. The lowest BCUT2D eigenvalue weighted by atomic mass is 9.84. The summed E-state index contributed by atoms with van der Waals surface area (Å²) in [6.07, 6.45) is 8.51. The summed E-state index contributed by atoms with van der Waals surface area (Å²) in [5, 5.41) is 3.59. The summed E-state index contributed by atoms with van der Waals surface area (Å²) in [6, 6.07) is 0.736. The largest absolute Gasteiger partial charge is 0.315 e. The lowest BCUT2D eigenvalue weighted by Crippen LogP contribution is -2.57. The maximum atomic E-state index is 3.59. The van der Waals surface area contributed by atoms with Gasteiger partial charge >= 0.3 is 0 Å². The van der Waals surface area contributed by atoms with Crippen LogP contribution in [-0.2, 0) is 0 Å². The average molecular weight is 196 g/mol. The van der Waals surface area contributed by atoms with E-state index in [0.717, 1.165) is 12.0 Å². The fourth-order valence-corrected chi connectivity index (χ4v) is 3.40. The molecule has 2 rings (SSSR count). The number of likely N-dealkylation sites (N-methyl/N-ethyl adjacent to an activating group) is 2. The fraction of sp³-hybridized carbons (Fsp3) is 1.00. The number of nitrogens with zero attached hydrogens (tertiary/aromatic N) is 1. The van der Waals surface area contributed by atoms with Gasteiger partial charge in [-0.15, -0.1) is 0 Å². The molecule has 82 valence electrons. The second kappa shape index (κ2) is 3.82. The van der Waals surface area contributed by atoms with Crippen LogP contribution in [0.15, 0.2) is 0 Å². The standard InChI is InChI=1S/C12H24N2/c1-13-11(10-6-7-10)12(14(2)3)8-4-5-9-12/h10-11,13H,4-9H2,1-3H3. The van der Waals surface area contributed by atoms with E-state index >= 15 is 0 Å². The van der Waals surface area contributed by atoms with Crippen molar-refractivity contribution in [2.24, 2.45) is 5.92 Å². The molecule has 1 unspecified atom stereocenters. The van der Waals surface area contributed by atoms with Crippen molar-refractivity contribution in [2.45, 2.75) is 50.1 Å². The van der Waals surface area contributed by atoms with E-state index in [1.54, 1.807) is 0 Å². The summed E-state index contributed by atoms with van der Waals surface area (Å²) in [4.78, 5) is 2.49. The Kier molecular flexibility index (Phi) is 2.85. The Bertz CT molecular complexity index is 190. The molecule has 2 saturated carbocycles. The topological polar surface area (TPSA) is 15.3 Å². The van der Waals surface area contributed by atoms with Crippen molar-refractivity contribution >= 4 is 0 Å². The van der Waals surface area contributed by atoms with E-state index in [2.05, 4.69) is 31.4 Å². The minimum Gasteiger partial charge on any atom is -0.315 e. The summed E-state index contributed by atoms with van der Waals surface area (Å²) in [5.74, 6) is 0.959. The van der Waals surface area contributed by atoms with Gasteiger partial charge in [-0.3, -0.25) is 0 Å². The predicted molar refractivity (Wildman–Crippen MR) is 60.5 cm³/mol. The third-order valence-corrected chi connectivity index (χ3v) is 4.34. The van der Waals surface area contributed by atoms with E-state index in [1.165, 1.54) is 38.5 Å². The Morgan fingerprint density at radius 2 is 1.79 bits per heavy atom. The van der Waals surface area contributed by atoms with Gasteiger partial charge in [-0.2, -0.15) is 0 Å². The van der Waals surface area contributed by atoms with Gasteiger partial charge < -0.3 is 10.2 Å². The Morgan fingerprint density at radius 1 is 1.21 bits per heavy atom. The van der Waals surface area contributed by atoms with Crippen LogP contribution in [0.2, 0.25) is 0 Å². The monoisotopic (exact) mass is 196 g/mol. The van der Waals surface area contributed by atoms with Gasteiger partial charge in [0.2, 0.25) is 0 Å². The zero-order valence-corrected chi connectivity index (χ0v) is 9.84. The highest BCUT2D eigenvalue weighted by Crippen LogP contribution is 2.45. The lowest BCUT2D eigenvalue weighted by molar-refractivity contribution is 0.0976. The van der Waals surface area contributed by atoms with Gasteiger partial charge in [-0.25, -0.2) is 0 Å². The van der Waals surface area contributed by atoms with Crippen LogP contribution in [-0.4, -0.2) is 37.6 Å². The smallest absolute Gasteiger partial charge is 0.0359 e. The van der Waals surface area contributed by atoms with Gasteiger partial charge in [0.25, 0.3) is 0 Å². The highest BCUT2D eigenvalue weighted by molar-refractivity contribution is 5.06. The number of nitrogens with one attached hydrogen (secondary N) is 1. The minimum atomic E-state index is 0.468. The first-order valence-electron chi connectivity index (χ1n) is 6.05. The molecule has 2 fully saturated rings. The SMILES string of the molecule is CNC(C1CC1)C1(N(C)C)CCCC1. The van der Waals surface area contributed by atoms with Gasteiger partial charge in [-0.1, -0.05) is 12.8 Å². The summed E-state index contributed by atoms with van der Waals surface area (Å²) >= 11 is 0. The van der Waals surface area contributed by atoms with E-state index in [-0.39, 0.29) is 0 Å². The Balaban J connectivity index is 2.14. The zero-order valence-electron chi connectivity index (χ0n) is 9.84. The summed E-state index contributed by atoms with van der Waals surface area (Å²) in [6.45, 7) is 0. The van der Waals surface area contributed by atoms with E-state index in [1.807, 2.05) is 0 Å². The van der Waals surface area contributed by atoms with Crippen molar-refractivity contribution in [3.8, 4) is 0 Å². The van der Waals surface area contributed by atoms with E-state index in [9.17, 15) is 0 Å². The van der Waals surface area contributed by atoms with Crippen LogP contribution in [0.3, 0.4) is 0 Å². The van der Waals surface area contributed by atoms with Crippen LogP contribution in [0.1, 0.15) is 38.5 Å². The summed E-state index contributed by atoms with van der Waals surface area (Å²) in [7, 11) is 6.67. The molecule has 0 aromatic carbocycles. The second-order valence-corrected chi connectivity index (χ2v) is 5.31. The first kappa shape index (κ1) is 10.4. The maximum Gasteiger partial charge on any atom is 0.0359 e. The van der Waals surface area contributed by atoms with Crippen molar-refractivity contribution in [2.75, 3.05) is 21.1 Å². The van der Waals surface area contributed by atoms with Crippen LogP contribution in [0.4, 0.5) is 0 Å². The van der Waals surface area contributed by atoms with E-state index < -0.39 is 0 Å². The highest BCUT2D eigenvalue weighted by atomic mass is 15.2. The molecular formula is C12H24N2. The molecule has 2 aliphatic carbocycles. The first-order valence-corrected chi connectivity index (χ1v) is 6.05. The number of hydrogen-bond acceptors (Lipinski definition) is 2. The van der Waals surface area contributed by atoms with Gasteiger partial charge in [0.15, 0.2) is 0 Å². The fourth-order valence-electron chi connectivity index (χ4n) is 3.40. The predicted octanol–water partition coefficient (Wildman–Crippen LogP) is 1.86. The summed E-state index contributed by atoms with van der Waals surface area (Å²) < 4.78 is 0. The van der Waals surface area contributed by atoms with Crippen molar-refractivity contribution in [3.63, 3.8) is 0 Å². The normalized spacial score (nSPS) is 28.3. The van der Waals surface area contributed by atoms with E-state index in [4.69, 9.17) is 0 Å². The molecule has 0 aromatic rings. The quantitative estimate of drug-likeness (QED) is 0.738. The zero-order chi connectivity index (χ0) is 10.2. The number of hydrogen-bond donors (Lipinski definition) is 1. The molecule has 0 aliphatic heterocycles. The molecule has 2 heteroatoms. The molecule has 0 heterocycles. The minimum absolute atomic E-state index is 0.468. The second-order valence-electron chi connectivity index (χ2n) is 5.31. The Hall–Kier alpha value is -0.0800. The molecule has 1 N–H and O–H groups in total. The Morgan fingerprint density at radius 3 is 2.14 bits per heavy atom. The molecule has 0 aromatic heterocycles. The van der Waals surface area contributed by atoms with Crippen molar-refractivity contribution in [3.05, 3.63) is 0 Å². The van der Waals surface area contributed by atoms with Crippen LogP contribution in [0.5, 0.6) is 0 Å². The Labute approximate surface area is 88.1 Å². The molecule has 0 bridgehead atoms. The molecule has 1 atom stereocenters. The third-order valence-electron chi connectivity index (χ3n) is 4.34. The van der Waals surface area contributed by atoms with Crippen LogP contribution < -0.4 is 5.32 Å². The molecule has 2 nitrogen and oxygen atoms in total. The maximum absolute atomic E-state index is 3.59. The average Bonchev–Trinajstić information content (AvgIpc) is 2.84. The lowest BCUT2D eigenvalue weighted by Gasteiger charge is -2.43. The highest BCUT2D eigenvalue weighted by Gasteiger charge is 2.48. The molecule has 0 radical (unpaired) electrons. The molecule has 0 amide bonds. The number of rotatable bonds is 4. The van der Waals surface area contributed by atoms with Crippen molar-refractivity contribution < 1.29 is 0 Å². The first-order chi connectivity index (χ1) is 6.70. The van der Waals surface area contributed by atoms with Crippen LogP contribution >= 0.6 is 0 Å². The van der Waals surface area contributed by atoms with Crippen LogP contribution in [0, 0.1) is 5.92 Å². The van der Waals surface area contributed by atoms with Gasteiger partial charge in [-0.05, 0) is 52.7 Å². The van der Waals surface area contributed by atoms with E-state index in [0.29, 0.717) is 5.54 Å². The van der Waals surface area contributed by atoms with Crippen molar-refractivity contribution in [1.29, 1.82) is 0 Å². The summed E-state index contributed by atoms with van der Waals surface area (Å²) in [5.41, 5.74) is 0.468. The van der Waals surface area contributed by atoms with Gasteiger partial charge in [0.05, 0.1) is 0 Å². The third kappa shape index (κ3) is 1.59. The van der Waals surface area contributed by atoms with Gasteiger partial charge in [0, 0.05) is 11.6 Å². The molecule has 2 aliphatic rings.